The Kier molecular flexibility index (Phi) is 4.30. The molecule has 1 N–H and O–H groups in total. The number of hydrogen-bond donors (Lipinski definition) is 1. The van der Waals surface area contributed by atoms with Crippen LogP contribution in [0.3, 0.4) is 0 Å². The predicted molar refractivity (Wildman–Crippen MR) is 84.4 cm³/mol. The van der Waals surface area contributed by atoms with Crippen LogP contribution in [0.5, 0.6) is 5.75 Å². The molecule has 1 aromatic heterocycles. The normalized spacial score (nSPS) is 12.5. The van der Waals surface area contributed by atoms with E-state index in [4.69, 9.17) is 9.15 Å². The Morgan fingerprint density at radius 3 is 2.74 bits per heavy atom. The lowest BCUT2D eigenvalue weighted by Gasteiger charge is -2.14. The highest BCUT2D eigenvalue weighted by Gasteiger charge is 2.13. The van der Waals surface area contributed by atoms with Crippen molar-refractivity contribution in [2.75, 3.05) is 7.11 Å². The first-order chi connectivity index (χ1) is 11.1. The minimum Gasteiger partial charge on any atom is -0.493 e. The summed E-state index contributed by atoms with van der Waals surface area (Å²) in [5.41, 5.74) is 1.10. The van der Waals surface area contributed by atoms with Gasteiger partial charge in [0.05, 0.1) is 13.7 Å². The summed E-state index contributed by atoms with van der Waals surface area (Å²) in [6, 6.07) is 10.9. The van der Waals surface area contributed by atoms with Crippen molar-refractivity contribution in [1.82, 2.24) is 5.32 Å². The van der Waals surface area contributed by atoms with Gasteiger partial charge >= 0.3 is 0 Å². The number of benzene rings is 2. The van der Waals surface area contributed by atoms with Gasteiger partial charge in [0.25, 0.3) is 0 Å². The van der Waals surface area contributed by atoms with Crippen LogP contribution in [0.1, 0.15) is 24.3 Å². The Labute approximate surface area is 132 Å². The van der Waals surface area contributed by atoms with Crippen LogP contribution in [0.2, 0.25) is 0 Å². The zero-order chi connectivity index (χ0) is 16.4. The van der Waals surface area contributed by atoms with Crippen molar-refractivity contribution >= 4 is 11.0 Å². The molecule has 0 amide bonds. The number of ether oxygens (including phenoxy) is 1. The lowest BCUT2D eigenvalue weighted by Crippen LogP contribution is -2.18. The maximum absolute atomic E-state index is 13.8. The molecule has 0 fully saturated rings. The zero-order valence-corrected chi connectivity index (χ0v) is 12.9. The average molecular weight is 317 g/mol. The van der Waals surface area contributed by atoms with Gasteiger partial charge in [-0.2, -0.15) is 0 Å². The summed E-state index contributed by atoms with van der Waals surface area (Å²) in [7, 11) is 1.59. The maximum Gasteiger partial charge on any atom is 0.176 e. The fraction of sp³-hybridized carbons (Fsp3) is 0.222. The Morgan fingerprint density at radius 1 is 1.17 bits per heavy atom. The standard InChI is InChI=1S/C18H17F2NO2/c1-11(15-7-6-13(19)9-16(15)20)21-10-14-8-12-4-3-5-17(22-2)18(12)23-14/h3-9,11,21H,10H2,1-2H3. The van der Waals surface area contributed by atoms with Crippen LogP contribution in [0.15, 0.2) is 46.9 Å². The number of methoxy groups -OCH3 is 1. The third-order valence-electron chi connectivity index (χ3n) is 3.79. The highest BCUT2D eigenvalue weighted by molar-refractivity contribution is 5.83. The van der Waals surface area contributed by atoms with Gasteiger partial charge in [0.2, 0.25) is 0 Å². The molecule has 0 saturated carbocycles. The minimum absolute atomic E-state index is 0.272. The van der Waals surface area contributed by atoms with Crippen LogP contribution in [0, 0.1) is 11.6 Å². The van der Waals surface area contributed by atoms with E-state index in [0.29, 0.717) is 23.4 Å². The monoisotopic (exact) mass is 317 g/mol. The summed E-state index contributed by atoms with van der Waals surface area (Å²) in [6.45, 7) is 2.25. The lowest BCUT2D eigenvalue weighted by atomic mass is 10.1. The van der Waals surface area contributed by atoms with E-state index in [1.165, 1.54) is 12.1 Å². The molecule has 120 valence electrons. The summed E-state index contributed by atoms with van der Waals surface area (Å²) in [4.78, 5) is 0. The highest BCUT2D eigenvalue weighted by atomic mass is 19.1. The molecule has 23 heavy (non-hydrogen) atoms. The smallest absolute Gasteiger partial charge is 0.176 e. The second-order valence-electron chi connectivity index (χ2n) is 5.36. The third kappa shape index (κ3) is 3.19. The second kappa shape index (κ2) is 6.38. The second-order valence-corrected chi connectivity index (χ2v) is 5.36. The molecule has 5 heteroatoms. The van der Waals surface area contributed by atoms with Gasteiger partial charge < -0.3 is 14.5 Å². The largest absolute Gasteiger partial charge is 0.493 e. The fourth-order valence-electron chi connectivity index (χ4n) is 2.55. The Balaban J connectivity index is 1.75. The number of halogens is 2. The van der Waals surface area contributed by atoms with Gasteiger partial charge in [0, 0.05) is 23.1 Å². The number of nitrogens with one attached hydrogen (secondary N) is 1. The van der Waals surface area contributed by atoms with Crippen LogP contribution in [-0.4, -0.2) is 7.11 Å². The molecule has 0 spiro atoms. The number of hydrogen-bond acceptors (Lipinski definition) is 3. The van der Waals surface area contributed by atoms with Crippen LogP contribution >= 0.6 is 0 Å². The molecule has 0 saturated heterocycles. The van der Waals surface area contributed by atoms with Crippen molar-refractivity contribution in [3.05, 3.63) is 65.4 Å². The topological polar surface area (TPSA) is 34.4 Å². The van der Waals surface area contributed by atoms with Gasteiger partial charge in [-0.3, -0.25) is 0 Å². The molecule has 0 aliphatic heterocycles. The van der Waals surface area contributed by atoms with Gasteiger partial charge in [0.15, 0.2) is 11.3 Å². The number of fused-ring (bicyclic) bond motifs is 1. The maximum atomic E-state index is 13.8. The van der Waals surface area contributed by atoms with Crippen molar-refractivity contribution in [2.45, 2.75) is 19.5 Å². The van der Waals surface area contributed by atoms with Gasteiger partial charge in [-0.15, -0.1) is 0 Å². The molecule has 1 atom stereocenters. The van der Waals surface area contributed by atoms with E-state index < -0.39 is 11.6 Å². The summed E-state index contributed by atoms with van der Waals surface area (Å²) in [5, 5.41) is 4.12. The molecule has 0 aliphatic carbocycles. The van der Waals surface area contributed by atoms with Crippen molar-refractivity contribution in [1.29, 1.82) is 0 Å². The van der Waals surface area contributed by atoms with Crippen molar-refractivity contribution < 1.29 is 17.9 Å². The van der Waals surface area contributed by atoms with Gasteiger partial charge in [-0.05, 0) is 25.1 Å². The Bertz CT molecular complexity index is 829. The van der Waals surface area contributed by atoms with E-state index in [0.717, 1.165) is 17.2 Å². The van der Waals surface area contributed by atoms with Gasteiger partial charge in [-0.1, -0.05) is 18.2 Å². The predicted octanol–water partition coefficient (Wildman–Crippen LogP) is 4.57. The first-order valence-electron chi connectivity index (χ1n) is 7.32. The molecule has 0 bridgehead atoms. The summed E-state index contributed by atoms with van der Waals surface area (Å²) in [6.07, 6.45) is 0. The van der Waals surface area contributed by atoms with Crippen molar-refractivity contribution in [2.24, 2.45) is 0 Å². The molecule has 3 aromatic rings. The quantitative estimate of drug-likeness (QED) is 0.748. The molecule has 1 heterocycles. The van der Waals surface area contributed by atoms with E-state index in [9.17, 15) is 8.78 Å². The highest BCUT2D eigenvalue weighted by Crippen LogP contribution is 2.28. The van der Waals surface area contributed by atoms with Crippen molar-refractivity contribution in [3.63, 3.8) is 0 Å². The van der Waals surface area contributed by atoms with Crippen LogP contribution < -0.4 is 10.1 Å². The minimum atomic E-state index is -0.581. The number of rotatable bonds is 5. The third-order valence-corrected chi connectivity index (χ3v) is 3.79. The fourth-order valence-corrected chi connectivity index (χ4v) is 2.55. The summed E-state index contributed by atoms with van der Waals surface area (Å²) >= 11 is 0. The van der Waals surface area contributed by atoms with Crippen LogP contribution in [-0.2, 0) is 6.54 Å². The van der Waals surface area contributed by atoms with Crippen LogP contribution in [0.4, 0.5) is 8.78 Å². The van der Waals surface area contributed by atoms with Crippen LogP contribution in [0.25, 0.3) is 11.0 Å². The van der Waals surface area contributed by atoms with Gasteiger partial charge in [0.1, 0.15) is 17.4 Å². The number of furan rings is 1. The van der Waals surface area contributed by atoms with E-state index in [2.05, 4.69) is 5.32 Å². The van der Waals surface area contributed by atoms with Crippen molar-refractivity contribution in [3.8, 4) is 5.75 Å². The Morgan fingerprint density at radius 2 is 2.00 bits per heavy atom. The zero-order valence-electron chi connectivity index (χ0n) is 12.9. The summed E-state index contributed by atoms with van der Waals surface area (Å²) in [5.74, 6) is 0.254. The molecule has 1 unspecified atom stereocenters. The number of para-hydroxylation sites is 1. The van der Waals surface area contributed by atoms with Gasteiger partial charge in [-0.25, -0.2) is 8.78 Å². The lowest BCUT2D eigenvalue weighted by molar-refractivity contribution is 0.404. The van der Waals surface area contributed by atoms with E-state index in [1.54, 1.807) is 7.11 Å². The average Bonchev–Trinajstić information content (AvgIpc) is 2.95. The molecule has 3 nitrogen and oxygen atoms in total. The first kappa shape index (κ1) is 15.5. The molecule has 0 aliphatic rings. The molecule has 2 aromatic carbocycles. The van der Waals surface area contributed by atoms with E-state index in [1.807, 2.05) is 31.2 Å². The molecule has 0 radical (unpaired) electrons. The molecule has 3 rings (SSSR count). The molecular weight excluding hydrogens is 300 g/mol. The Hall–Kier alpha value is -2.40. The molecular formula is C18H17F2NO2. The first-order valence-corrected chi connectivity index (χ1v) is 7.32. The van der Waals surface area contributed by atoms with E-state index >= 15 is 0 Å². The van der Waals surface area contributed by atoms with E-state index in [-0.39, 0.29) is 6.04 Å². The SMILES string of the molecule is COc1cccc2cc(CNC(C)c3ccc(F)cc3F)oc12. The summed E-state index contributed by atoms with van der Waals surface area (Å²) < 4.78 is 37.8.